The number of nitrogens with zero attached hydrogens (tertiary/aromatic N) is 4. The summed E-state index contributed by atoms with van der Waals surface area (Å²) < 4.78 is 2.29. The average molecular weight is 324 g/mol. The molecule has 0 unspecified atom stereocenters. The topological polar surface area (TPSA) is 51.0 Å². The Morgan fingerprint density at radius 1 is 1.21 bits per heavy atom. The molecule has 0 radical (unpaired) electrons. The molecule has 2 aliphatic heterocycles. The van der Waals surface area contributed by atoms with E-state index in [9.17, 15) is 4.79 Å². The molecule has 1 atom stereocenters. The van der Waals surface area contributed by atoms with Crippen LogP contribution in [0.1, 0.15) is 48.1 Å². The van der Waals surface area contributed by atoms with Gasteiger partial charge in [0.25, 0.3) is 5.56 Å². The minimum atomic E-state index is -0.0735. The number of hydrogen-bond acceptors (Lipinski definition) is 4. The molecule has 4 heterocycles. The molecule has 2 aromatic heterocycles. The first-order valence-corrected chi connectivity index (χ1v) is 8.94. The zero-order valence-electron chi connectivity index (χ0n) is 14.2. The summed E-state index contributed by atoms with van der Waals surface area (Å²) in [6, 6.07) is 7.99. The SMILES string of the molecule is Cc1cccc(CN2CCC[C@H](c3cc(=O)nc4n3CCC4)C2)n1. The fourth-order valence-electron chi connectivity index (χ4n) is 4.11. The van der Waals surface area contributed by atoms with Crippen molar-refractivity contribution in [3.63, 3.8) is 0 Å². The Kier molecular flexibility index (Phi) is 4.19. The van der Waals surface area contributed by atoms with E-state index in [1.54, 1.807) is 6.07 Å². The Labute approximate surface area is 142 Å². The van der Waals surface area contributed by atoms with Gasteiger partial charge < -0.3 is 4.57 Å². The van der Waals surface area contributed by atoms with E-state index >= 15 is 0 Å². The molecule has 4 rings (SSSR count). The Hall–Kier alpha value is -2.01. The predicted molar refractivity (Wildman–Crippen MR) is 93.0 cm³/mol. The van der Waals surface area contributed by atoms with Gasteiger partial charge in [0.05, 0.1) is 5.69 Å². The maximum atomic E-state index is 12.0. The fourth-order valence-corrected chi connectivity index (χ4v) is 4.11. The lowest BCUT2D eigenvalue weighted by atomic mass is 9.94. The molecular formula is C19H24N4O. The zero-order chi connectivity index (χ0) is 16.5. The van der Waals surface area contributed by atoms with Crippen LogP contribution < -0.4 is 5.56 Å². The maximum Gasteiger partial charge on any atom is 0.273 e. The summed E-state index contributed by atoms with van der Waals surface area (Å²) in [7, 11) is 0. The summed E-state index contributed by atoms with van der Waals surface area (Å²) in [5.41, 5.74) is 3.33. The molecule has 1 fully saturated rings. The second-order valence-electron chi connectivity index (χ2n) is 7.04. The zero-order valence-corrected chi connectivity index (χ0v) is 14.2. The highest BCUT2D eigenvalue weighted by atomic mass is 16.1. The van der Waals surface area contributed by atoms with Gasteiger partial charge in [-0.2, -0.15) is 4.98 Å². The Balaban J connectivity index is 1.54. The minimum Gasteiger partial charge on any atom is -0.333 e. The molecule has 5 heteroatoms. The van der Waals surface area contributed by atoms with E-state index in [0.29, 0.717) is 5.92 Å². The van der Waals surface area contributed by atoms with Crippen molar-refractivity contribution in [3.05, 3.63) is 57.5 Å². The lowest BCUT2D eigenvalue weighted by Gasteiger charge is -2.33. The predicted octanol–water partition coefficient (Wildman–Crippen LogP) is 2.27. The van der Waals surface area contributed by atoms with Crippen molar-refractivity contribution >= 4 is 0 Å². The number of piperidine rings is 1. The molecule has 0 saturated carbocycles. The Morgan fingerprint density at radius 2 is 2.12 bits per heavy atom. The van der Waals surface area contributed by atoms with Crippen LogP contribution in [0, 0.1) is 6.92 Å². The Bertz CT molecular complexity index is 798. The third-order valence-electron chi connectivity index (χ3n) is 5.17. The van der Waals surface area contributed by atoms with Crippen LogP contribution in [-0.4, -0.2) is 32.5 Å². The number of rotatable bonds is 3. The molecule has 5 nitrogen and oxygen atoms in total. The monoisotopic (exact) mass is 324 g/mol. The summed E-state index contributed by atoms with van der Waals surface area (Å²) in [4.78, 5) is 23.2. The molecule has 0 amide bonds. The highest BCUT2D eigenvalue weighted by Crippen LogP contribution is 2.29. The average Bonchev–Trinajstić information content (AvgIpc) is 3.02. The van der Waals surface area contributed by atoms with Crippen LogP contribution >= 0.6 is 0 Å². The maximum absolute atomic E-state index is 12.0. The molecular weight excluding hydrogens is 300 g/mol. The summed E-state index contributed by atoms with van der Waals surface area (Å²) in [5, 5.41) is 0. The van der Waals surface area contributed by atoms with Gasteiger partial charge in [-0.25, -0.2) is 0 Å². The van der Waals surface area contributed by atoms with Crippen molar-refractivity contribution in [2.45, 2.75) is 51.6 Å². The van der Waals surface area contributed by atoms with E-state index in [-0.39, 0.29) is 5.56 Å². The summed E-state index contributed by atoms with van der Waals surface area (Å²) >= 11 is 0. The first-order valence-electron chi connectivity index (χ1n) is 8.94. The second kappa shape index (κ2) is 6.48. The lowest BCUT2D eigenvalue weighted by Crippen LogP contribution is -2.36. The Morgan fingerprint density at radius 3 is 3.00 bits per heavy atom. The van der Waals surface area contributed by atoms with Crippen molar-refractivity contribution in [1.82, 2.24) is 19.4 Å². The highest BCUT2D eigenvalue weighted by molar-refractivity contribution is 5.16. The van der Waals surface area contributed by atoms with Crippen LogP contribution in [-0.2, 0) is 19.5 Å². The van der Waals surface area contributed by atoms with Crippen LogP contribution in [0.15, 0.2) is 29.1 Å². The smallest absolute Gasteiger partial charge is 0.273 e. The van der Waals surface area contributed by atoms with E-state index in [1.165, 1.54) is 12.1 Å². The van der Waals surface area contributed by atoms with Crippen molar-refractivity contribution in [3.8, 4) is 0 Å². The minimum absolute atomic E-state index is 0.0735. The van der Waals surface area contributed by atoms with Gasteiger partial charge in [-0.3, -0.25) is 14.7 Å². The molecule has 0 bridgehead atoms. The normalized spacial score (nSPS) is 21.0. The number of aromatic nitrogens is 3. The molecule has 24 heavy (non-hydrogen) atoms. The molecule has 0 spiro atoms. The number of aryl methyl sites for hydroxylation is 2. The summed E-state index contributed by atoms with van der Waals surface area (Å²) in [5.74, 6) is 1.41. The third kappa shape index (κ3) is 3.13. The van der Waals surface area contributed by atoms with Crippen molar-refractivity contribution in [2.24, 2.45) is 0 Å². The standard InChI is InChI=1S/C19H24N4O/c1-14-5-2-7-16(20-14)13-22-9-3-6-15(12-22)17-11-19(24)21-18-8-4-10-23(17)18/h2,5,7,11,15H,3-4,6,8-10,12-13H2,1H3/t15-/m0/s1. The van der Waals surface area contributed by atoms with Crippen LogP contribution in [0.5, 0.6) is 0 Å². The first kappa shape index (κ1) is 15.5. The van der Waals surface area contributed by atoms with Gasteiger partial charge in [0, 0.05) is 49.4 Å². The van der Waals surface area contributed by atoms with Gasteiger partial charge in [0.1, 0.15) is 5.82 Å². The van der Waals surface area contributed by atoms with Crippen LogP contribution in [0.2, 0.25) is 0 Å². The number of likely N-dealkylation sites (tertiary alicyclic amines) is 1. The summed E-state index contributed by atoms with van der Waals surface area (Å²) in [6.07, 6.45) is 4.36. The number of fused-ring (bicyclic) bond motifs is 1. The number of hydrogen-bond donors (Lipinski definition) is 0. The van der Waals surface area contributed by atoms with Crippen molar-refractivity contribution < 1.29 is 0 Å². The third-order valence-corrected chi connectivity index (χ3v) is 5.17. The molecule has 0 aliphatic carbocycles. The van der Waals surface area contributed by atoms with Gasteiger partial charge in [0.2, 0.25) is 0 Å². The quantitative estimate of drug-likeness (QED) is 0.869. The van der Waals surface area contributed by atoms with Gasteiger partial charge in [-0.15, -0.1) is 0 Å². The van der Waals surface area contributed by atoms with E-state index in [2.05, 4.69) is 31.6 Å². The van der Waals surface area contributed by atoms with Crippen molar-refractivity contribution in [1.29, 1.82) is 0 Å². The molecule has 126 valence electrons. The molecule has 0 N–H and O–H groups in total. The van der Waals surface area contributed by atoms with Crippen LogP contribution in [0.25, 0.3) is 0 Å². The molecule has 2 aliphatic rings. The summed E-state index contributed by atoms with van der Waals surface area (Å²) in [6.45, 7) is 6.04. The van der Waals surface area contributed by atoms with Crippen molar-refractivity contribution in [2.75, 3.05) is 13.1 Å². The first-order chi connectivity index (χ1) is 11.7. The fraction of sp³-hybridized carbons (Fsp3) is 0.526. The van der Waals surface area contributed by atoms with Gasteiger partial charge in [-0.1, -0.05) is 6.07 Å². The van der Waals surface area contributed by atoms with E-state index in [4.69, 9.17) is 0 Å². The largest absolute Gasteiger partial charge is 0.333 e. The van der Waals surface area contributed by atoms with E-state index in [0.717, 1.165) is 62.7 Å². The van der Waals surface area contributed by atoms with Crippen LogP contribution in [0.4, 0.5) is 0 Å². The van der Waals surface area contributed by atoms with Gasteiger partial charge in [0.15, 0.2) is 0 Å². The van der Waals surface area contributed by atoms with E-state index in [1.807, 2.05) is 13.0 Å². The molecule has 2 aromatic rings. The van der Waals surface area contributed by atoms with Gasteiger partial charge >= 0.3 is 0 Å². The molecule has 0 aromatic carbocycles. The van der Waals surface area contributed by atoms with E-state index < -0.39 is 0 Å². The molecule has 1 saturated heterocycles. The van der Waals surface area contributed by atoms with Gasteiger partial charge in [-0.05, 0) is 44.9 Å². The van der Waals surface area contributed by atoms with Crippen LogP contribution in [0.3, 0.4) is 0 Å². The highest BCUT2D eigenvalue weighted by Gasteiger charge is 2.26. The number of pyridine rings is 1. The lowest BCUT2D eigenvalue weighted by molar-refractivity contribution is 0.194. The second-order valence-corrected chi connectivity index (χ2v) is 7.04.